The van der Waals surface area contributed by atoms with Gasteiger partial charge in [0.15, 0.2) is 0 Å². The van der Waals surface area contributed by atoms with E-state index in [9.17, 15) is 13.2 Å². The molecule has 3 aromatic rings. The van der Waals surface area contributed by atoms with E-state index in [1.165, 1.54) is 30.3 Å². The van der Waals surface area contributed by atoms with Crippen LogP contribution < -0.4 is 9.62 Å². The second-order valence-electron chi connectivity index (χ2n) is 6.43. The van der Waals surface area contributed by atoms with Crippen LogP contribution in [0.2, 0.25) is 20.1 Å². The van der Waals surface area contributed by atoms with Gasteiger partial charge in [0.2, 0.25) is 5.91 Å². The number of rotatable bonds is 7. The van der Waals surface area contributed by atoms with E-state index in [2.05, 4.69) is 5.32 Å². The Labute approximate surface area is 200 Å². The van der Waals surface area contributed by atoms with Crippen molar-refractivity contribution >= 4 is 68.0 Å². The number of nitrogens with zero attached hydrogens (tertiary/aromatic N) is 1. The molecule has 5 nitrogen and oxygen atoms in total. The fourth-order valence-corrected chi connectivity index (χ4v) is 5.24. The molecule has 0 radical (unpaired) electrons. The standard InChI is InChI=1S/C21H16Cl4N2O3S/c22-15-7-6-14(18(24)10-15)12-26-21(28)13-27(20-9-8-16(23)11-19(20)25)31(29,30)17-4-2-1-3-5-17/h1-11H,12-13H2,(H,26,28). The van der Waals surface area contributed by atoms with Crippen LogP contribution in [-0.2, 0) is 21.4 Å². The largest absolute Gasteiger partial charge is 0.350 e. The first kappa shape index (κ1) is 23.7. The van der Waals surface area contributed by atoms with Gasteiger partial charge in [0.05, 0.1) is 15.6 Å². The number of benzene rings is 3. The van der Waals surface area contributed by atoms with Gasteiger partial charge in [-0.3, -0.25) is 9.10 Å². The first-order valence-corrected chi connectivity index (χ1v) is 11.9. The molecular weight excluding hydrogens is 502 g/mol. The molecule has 0 aliphatic carbocycles. The number of halogens is 4. The topological polar surface area (TPSA) is 66.5 Å². The van der Waals surface area contributed by atoms with Gasteiger partial charge in [-0.25, -0.2) is 8.42 Å². The summed E-state index contributed by atoms with van der Waals surface area (Å²) >= 11 is 24.2. The van der Waals surface area contributed by atoms with E-state index in [0.717, 1.165) is 4.31 Å². The summed E-state index contributed by atoms with van der Waals surface area (Å²) in [5.74, 6) is -0.545. The number of amides is 1. The highest BCUT2D eigenvalue weighted by atomic mass is 35.5. The summed E-state index contributed by atoms with van der Waals surface area (Å²) in [7, 11) is -4.08. The normalized spacial score (nSPS) is 11.2. The molecule has 0 fully saturated rings. The highest BCUT2D eigenvalue weighted by molar-refractivity contribution is 7.92. The molecular formula is C21H16Cl4N2O3S. The smallest absolute Gasteiger partial charge is 0.264 e. The molecule has 0 unspecified atom stereocenters. The molecule has 3 aromatic carbocycles. The van der Waals surface area contributed by atoms with Crippen molar-refractivity contribution in [3.63, 3.8) is 0 Å². The average Bonchev–Trinajstić information content (AvgIpc) is 2.72. The molecule has 0 bridgehead atoms. The molecule has 0 saturated carbocycles. The minimum atomic E-state index is -4.08. The molecule has 0 heterocycles. The lowest BCUT2D eigenvalue weighted by atomic mass is 10.2. The van der Waals surface area contributed by atoms with Gasteiger partial charge in [-0.2, -0.15) is 0 Å². The molecule has 0 atom stereocenters. The molecule has 0 aromatic heterocycles. The summed E-state index contributed by atoms with van der Waals surface area (Å²) in [6.45, 7) is -0.397. The van der Waals surface area contributed by atoms with Crippen molar-refractivity contribution in [1.29, 1.82) is 0 Å². The molecule has 31 heavy (non-hydrogen) atoms. The second-order valence-corrected chi connectivity index (χ2v) is 9.98. The number of carbonyl (C=O) groups is 1. The zero-order valence-corrected chi connectivity index (χ0v) is 19.7. The van der Waals surface area contributed by atoms with E-state index in [1.54, 1.807) is 36.4 Å². The Morgan fingerprint density at radius 2 is 1.45 bits per heavy atom. The molecule has 0 saturated heterocycles. The fourth-order valence-electron chi connectivity index (χ4n) is 2.75. The van der Waals surface area contributed by atoms with Crippen LogP contribution in [0.15, 0.2) is 71.6 Å². The number of anilines is 1. The van der Waals surface area contributed by atoms with Crippen molar-refractivity contribution in [2.45, 2.75) is 11.4 Å². The van der Waals surface area contributed by atoms with Gasteiger partial charge >= 0.3 is 0 Å². The minimum Gasteiger partial charge on any atom is -0.350 e. The number of sulfonamides is 1. The van der Waals surface area contributed by atoms with Crippen LogP contribution in [0.3, 0.4) is 0 Å². The van der Waals surface area contributed by atoms with Crippen molar-refractivity contribution in [2.24, 2.45) is 0 Å². The van der Waals surface area contributed by atoms with Crippen molar-refractivity contribution in [3.05, 3.63) is 92.4 Å². The molecule has 1 amide bonds. The summed E-state index contributed by atoms with van der Waals surface area (Å²) in [5, 5.41) is 3.97. The van der Waals surface area contributed by atoms with Gasteiger partial charge in [-0.1, -0.05) is 70.7 Å². The summed E-state index contributed by atoms with van der Waals surface area (Å²) in [5.41, 5.74) is 0.774. The fraction of sp³-hybridized carbons (Fsp3) is 0.0952. The lowest BCUT2D eigenvalue weighted by molar-refractivity contribution is -0.119. The van der Waals surface area contributed by atoms with Crippen molar-refractivity contribution in [3.8, 4) is 0 Å². The highest BCUT2D eigenvalue weighted by Gasteiger charge is 2.28. The third-order valence-electron chi connectivity index (χ3n) is 4.29. The number of hydrogen-bond donors (Lipinski definition) is 1. The molecule has 1 N–H and O–H groups in total. The Balaban J connectivity index is 1.88. The molecule has 0 spiro atoms. The lowest BCUT2D eigenvalue weighted by Crippen LogP contribution is -2.40. The van der Waals surface area contributed by atoms with E-state index in [0.29, 0.717) is 20.6 Å². The van der Waals surface area contributed by atoms with Crippen LogP contribution in [0, 0.1) is 0 Å². The van der Waals surface area contributed by atoms with Crippen LogP contribution in [-0.4, -0.2) is 20.9 Å². The van der Waals surface area contributed by atoms with Gasteiger partial charge in [-0.05, 0) is 48.0 Å². The second kappa shape index (κ2) is 10.1. The van der Waals surface area contributed by atoms with Gasteiger partial charge in [0, 0.05) is 21.6 Å². The van der Waals surface area contributed by atoms with Crippen molar-refractivity contribution in [2.75, 3.05) is 10.8 Å². The van der Waals surface area contributed by atoms with Gasteiger partial charge in [0.1, 0.15) is 6.54 Å². The quantitative estimate of drug-likeness (QED) is 0.430. The third-order valence-corrected chi connectivity index (χ3v) is 7.19. The molecule has 3 rings (SSSR count). The molecule has 0 aliphatic rings. The van der Waals surface area contributed by atoms with E-state index in [-0.39, 0.29) is 22.2 Å². The zero-order chi connectivity index (χ0) is 22.6. The molecule has 0 aliphatic heterocycles. The summed E-state index contributed by atoms with van der Waals surface area (Å²) in [6, 6.07) is 17.0. The van der Waals surface area contributed by atoms with Gasteiger partial charge in [-0.15, -0.1) is 0 Å². The minimum absolute atomic E-state index is 0.0227. The van der Waals surface area contributed by atoms with Crippen LogP contribution >= 0.6 is 46.4 Å². The highest BCUT2D eigenvalue weighted by Crippen LogP contribution is 2.32. The summed E-state index contributed by atoms with van der Waals surface area (Å²) < 4.78 is 27.5. The zero-order valence-electron chi connectivity index (χ0n) is 15.9. The Hall–Kier alpha value is -1.96. The maximum Gasteiger partial charge on any atom is 0.264 e. The van der Waals surface area contributed by atoms with Gasteiger partial charge in [0.25, 0.3) is 10.0 Å². The summed E-state index contributed by atoms with van der Waals surface area (Å²) in [6.07, 6.45) is 0. The van der Waals surface area contributed by atoms with Crippen LogP contribution in [0.4, 0.5) is 5.69 Å². The lowest BCUT2D eigenvalue weighted by Gasteiger charge is -2.25. The van der Waals surface area contributed by atoms with Crippen LogP contribution in [0.25, 0.3) is 0 Å². The number of nitrogens with one attached hydrogen (secondary N) is 1. The first-order chi connectivity index (χ1) is 14.7. The molecule has 10 heteroatoms. The summed E-state index contributed by atoms with van der Waals surface area (Å²) in [4.78, 5) is 12.7. The van der Waals surface area contributed by atoms with E-state index in [4.69, 9.17) is 46.4 Å². The molecule has 162 valence electrons. The van der Waals surface area contributed by atoms with E-state index in [1.807, 2.05) is 0 Å². The first-order valence-electron chi connectivity index (χ1n) is 8.92. The SMILES string of the molecule is O=C(CN(c1ccc(Cl)cc1Cl)S(=O)(=O)c1ccccc1)NCc1ccc(Cl)cc1Cl. The monoisotopic (exact) mass is 516 g/mol. The van der Waals surface area contributed by atoms with Gasteiger partial charge < -0.3 is 5.32 Å². The third kappa shape index (κ3) is 5.84. The average molecular weight is 518 g/mol. The maximum absolute atomic E-state index is 13.3. The van der Waals surface area contributed by atoms with E-state index >= 15 is 0 Å². The maximum atomic E-state index is 13.3. The van der Waals surface area contributed by atoms with Crippen molar-refractivity contribution < 1.29 is 13.2 Å². The van der Waals surface area contributed by atoms with Crippen molar-refractivity contribution in [1.82, 2.24) is 5.32 Å². The predicted molar refractivity (Wildman–Crippen MR) is 126 cm³/mol. The van der Waals surface area contributed by atoms with E-state index < -0.39 is 22.5 Å². The van der Waals surface area contributed by atoms with Crippen LogP contribution in [0.5, 0.6) is 0 Å². The Morgan fingerprint density at radius 3 is 2.06 bits per heavy atom. The Bertz CT molecular complexity index is 1200. The number of hydrogen-bond acceptors (Lipinski definition) is 3. The Morgan fingerprint density at radius 1 is 0.839 bits per heavy atom. The number of carbonyl (C=O) groups excluding carboxylic acids is 1. The predicted octanol–water partition coefficient (Wildman–Crippen LogP) is 5.81. The van der Waals surface area contributed by atoms with Crippen LogP contribution in [0.1, 0.15) is 5.56 Å². The Kier molecular flexibility index (Phi) is 7.73.